The molecule has 0 saturated carbocycles. The molecule has 1 aromatic rings. The average molecular weight is 233 g/mol. The monoisotopic (exact) mass is 233 g/mol. The molecule has 0 heterocycles. The summed E-state index contributed by atoms with van der Waals surface area (Å²) in [6, 6.07) is 7.38. The van der Waals surface area contributed by atoms with Gasteiger partial charge in [0.15, 0.2) is 0 Å². The van der Waals surface area contributed by atoms with E-state index in [0.717, 1.165) is 11.1 Å². The SMILES string of the molecule is C=Cc1ccc(CNC(C(=O)O)C(C)C)cc1. The fraction of sp³-hybridized carbons (Fsp3) is 0.357. The number of hydrogen-bond donors (Lipinski definition) is 2. The zero-order chi connectivity index (χ0) is 12.8. The Kier molecular flexibility index (Phi) is 4.91. The first kappa shape index (κ1) is 13.5. The van der Waals surface area contributed by atoms with Gasteiger partial charge in [0, 0.05) is 6.54 Å². The molecule has 0 bridgehead atoms. The van der Waals surface area contributed by atoms with Crippen molar-refractivity contribution in [3.63, 3.8) is 0 Å². The largest absolute Gasteiger partial charge is 0.480 e. The van der Waals surface area contributed by atoms with Crippen molar-refractivity contribution in [1.82, 2.24) is 5.32 Å². The van der Waals surface area contributed by atoms with Gasteiger partial charge in [-0.2, -0.15) is 0 Å². The summed E-state index contributed by atoms with van der Waals surface area (Å²) in [4.78, 5) is 11.0. The Morgan fingerprint density at radius 2 is 2.00 bits per heavy atom. The van der Waals surface area contributed by atoms with Gasteiger partial charge in [0.2, 0.25) is 0 Å². The molecule has 0 aliphatic rings. The van der Waals surface area contributed by atoms with Crippen LogP contribution in [-0.4, -0.2) is 17.1 Å². The number of carboxylic acid groups (broad SMARTS) is 1. The summed E-state index contributed by atoms with van der Waals surface area (Å²) in [7, 11) is 0. The number of aliphatic carboxylic acids is 1. The van der Waals surface area contributed by atoms with Gasteiger partial charge in [0.1, 0.15) is 6.04 Å². The predicted octanol–water partition coefficient (Wildman–Crippen LogP) is 2.53. The van der Waals surface area contributed by atoms with Crippen molar-refractivity contribution in [3.8, 4) is 0 Å². The summed E-state index contributed by atoms with van der Waals surface area (Å²) in [5.74, 6) is -0.734. The summed E-state index contributed by atoms with van der Waals surface area (Å²) < 4.78 is 0. The fourth-order valence-corrected chi connectivity index (χ4v) is 1.61. The highest BCUT2D eigenvalue weighted by Crippen LogP contribution is 2.07. The van der Waals surface area contributed by atoms with Gasteiger partial charge in [0.25, 0.3) is 0 Å². The molecule has 0 aliphatic heterocycles. The summed E-state index contributed by atoms with van der Waals surface area (Å²) in [5.41, 5.74) is 2.13. The first-order chi connectivity index (χ1) is 8.04. The van der Waals surface area contributed by atoms with Crippen LogP contribution in [0.15, 0.2) is 30.8 Å². The Balaban J connectivity index is 2.59. The lowest BCUT2D eigenvalue weighted by molar-refractivity contribution is -0.140. The van der Waals surface area contributed by atoms with Crippen molar-refractivity contribution in [3.05, 3.63) is 42.0 Å². The fourth-order valence-electron chi connectivity index (χ4n) is 1.61. The highest BCUT2D eigenvalue weighted by molar-refractivity contribution is 5.73. The Morgan fingerprint density at radius 3 is 2.41 bits per heavy atom. The summed E-state index contributed by atoms with van der Waals surface area (Å²) >= 11 is 0. The third-order valence-electron chi connectivity index (χ3n) is 2.67. The molecule has 1 unspecified atom stereocenters. The minimum atomic E-state index is -0.803. The van der Waals surface area contributed by atoms with Crippen LogP contribution in [0.5, 0.6) is 0 Å². The van der Waals surface area contributed by atoms with E-state index in [1.54, 1.807) is 6.08 Å². The normalized spacial score (nSPS) is 12.4. The van der Waals surface area contributed by atoms with E-state index < -0.39 is 12.0 Å². The van der Waals surface area contributed by atoms with Crippen LogP contribution in [0.4, 0.5) is 0 Å². The molecule has 2 N–H and O–H groups in total. The molecule has 0 aliphatic carbocycles. The van der Waals surface area contributed by atoms with Gasteiger partial charge in [-0.25, -0.2) is 0 Å². The van der Waals surface area contributed by atoms with E-state index in [0.29, 0.717) is 6.54 Å². The molecule has 92 valence electrons. The van der Waals surface area contributed by atoms with E-state index >= 15 is 0 Å². The molecule has 0 aromatic heterocycles. The smallest absolute Gasteiger partial charge is 0.320 e. The van der Waals surface area contributed by atoms with Gasteiger partial charge in [-0.3, -0.25) is 4.79 Å². The number of hydrogen-bond acceptors (Lipinski definition) is 2. The van der Waals surface area contributed by atoms with Crippen LogP contribution in [0.3, 0.4) is 0 Å². The van der Waals surface area contributed by atoms with Crippen molar-refractivity contribution in [1.29, 1.82) is 0 Å². The predicted molar refractivity (Wildman–Crippen MR) is 69.6 cm³/mol. The van der Waals surface area contributed by atoms with Crippen molar-refractivity contribution in [2.45, 2.75) is 26.4 Å². The summed E-state index contributed by atoms with van der Waals surface area (Å²) in [5, 5.41) is 12.1. The van der Waals surface area contributed by atoms with Crippen molar-refractivity contribution < 1.29 is 9.90 Å². The molecule has 0 spiro atoms. The summed E-state index contributed by atoms with van der Waals surface area (Å²) in [6.07, 6.45) is 1.78. The van der Waals surface area contributed by atoms with Crippen LogP contribution in [-0.2, 0) is 11.3 Å². The molecule has 0 saturated heterocycles. The first-order valence-corrected chi connectivity index (χ1v) is 5.72. The highest BCUT2D eigenvalue weighted by atomic mass is 16.4. The van der Waals surface area contributed by atoms with E-state index in [9.17, 15) is 4.79 Å². The van der Waals surface area contributed by atoms with E-state index in [1.807, 2.05) is 38.1 Å². The first-order valence-electron chi connectivity index (χ1n) is 5.72. The molecule has 17 heavy (non-hydrogen) atoms. The van der Waals surface area contributed by atoms with Crippen LogP contribution < -0.4 is 5.32 Å². The molecule has 3 nitrogen and oxygen atoms in total. The maximum atomic E-state index is 11.0. The zero-order valence-corrected chi connectivity index (χ0v) is 10.3. The van der Waals surface area contributed by atoms with Gasteiger partial charge >= 0.3 is 5.97 Å². The lowest BCUT2D eigenvalue weighted by Gasteiger charge is -2.17. The van der Waals surface area contributed by atoms with Crippen LogP contribution in [0.25, 0.3) is 6.08 Å². The Bertz CT molecular complexity index is 382. The zero-order valence-electron chi connectivity index (χ0n) is 10.3. The van der Waals surface area contributed by atoms with Crippen LogP contribution in [0, 0.1) is 5.92 Å². The molecule has 0 amide bonds. The van der Waals surface area contributed by atoms with E-state index in [-0.39, 0.29) is 5.92 Å². The second kappa shape index (κ2) is 6.21. The number of carbonyl (C=O) groups is 1. The van der Waals surface area contributed by atoms with E-state index in [4.69, 9.17) is 5.11 Å². The second-order valence-corrected chi connectivity index (χ2v) is 4.39. The van der Waals surface area contributed by atoms with Gasteiger partial charge in [-0.05, 0) is 17.0 Å². The Labute approximate surface area is 102 Å². The molecular weight excluding hydrogens is 214 g/mol. The minimum absolute atomic E-state index is 0.0694. The Morgan fingerprint density at radius 1 is 1.41 bits per heavy atom. The highest BCUT2D eigenvalue weighted by Gasteiger charge is 2.20. The van der Waals surface area contributed by atoms with Gasteiger partial charge in [-0.1, -0.05) is 50.8 Å². The average Bonchev–Trinajstić information content (AvgIpc) is 2.29. The third kappa shape index (κ3) is 4.04. The number of rotatable bonds is 6. The number of nitrogens with one attached hydrogen (secondary N) is 1. The Hall–Kier alpha value is -1.61. The maximum Gasteiger partial charge on any atom is 0.320 e. The lowest BCUT2D eigenvalue weighted by atomic mass is 10.0. The third-order valence-corrected chi connectivity index (χ3v) is 2.67. The van der Waals surface area contributed by atoms with Crippen LogP contribution >= 0.6 is 0 Å². The molecule has 1 rings (SSSR count). The molecule has 3 heteroatoms. The summed E-state index contributed by atoms with van der Waals surface area (Å²) in [6.45, 7) is 8.04. The van der Waals surface area contributed by atoms with Gasteiger partial charge in [0.05, 0.1) is 0 Å². The topological polar surface area (TPSA) is 49.3 Å². The van der Waals surface area contributed by atoms with Crippen molar-refractivity contribution in [2.75, 3.05) is 0 Å². The second-order valence-electron chi connectivity index (χ2n) is 4.39. The lowest BCUT2D eigenvalue weighted by Crippen LogP contribution is -2.40. The molecule has 1 aromatic carbocycles. The standard InChI is InChI=1S/C14H19NO2/c1-4-11-5-7-12(8-6-11)9-15-13(10(2)3)14(16)17/h4-8,10,13,15H,1,9H2,2-3H3,(H,16,17). The quantitative estimate of drug-likeness (QED) is 0.793. The van der Waals surface area contributed by atoms with Gasteiger partial charge in [-0.15, -0.1) is 0 Å². The molecule has 0 radical (unpaired) electrons. The van der Waals surface area contributed by atoms with Crippen LogP contribution in [0.1, 0.15) is 25.0 Å². The van der Waals surface area contributed by atoms with E-state index in [2.05, 4.69) is 11.9 Å². The van der Waals surface area contributed by atoms with Crippen molar-refractivity contribution in [2.24, 2.45) is 5.92 Å². The minimum Gasteiger partial charge on any atom is -0.480 e. The maximum absolute atomic E-state index is 11.0. The van der Waals surface area contributed by atoms with Crippen LogP contribution in [0.2, 0.25) is 0 Å². The number of carboxylic acids is 1. The molecular formula is C14H19NO2. The van der Waals surface area contributed by atoms with E-state index in [1.165, 1.54) is 0 Å². The molecule has 0 fully saturated rings. The number of benzene rings is 1. The molecule has 1 atom stereocenters. The van der Waals surface area contributed by atoms with Gasteiger partial charge < -0.3 is 10.4 Å². The van der Waals surface area contributed by atoms with Crippen molar-refractivity contribution >= 4 is 12.0 Å².